The zero-order valence-corrected chi connectivity index (χ0v) is 15.6. The van der Waals surface area contributed by atoms with Crippen LogP contribution in [0.3, 0.4) is 0 Å². The summed E-state index contributed by atoms with van der Waals surface area (Å²) in [5, 5.41) is 3.66. The predicted octanol–water partition coefficient (Wildman–Crippen LogP) is 2.93. The van der Waals surface area contributed by atoms with Gasteiger partial charge in [-0.15, -0.1) is 11.3 Å². The minimum Gasteiger partial charge on any atom is -0.331 e. The number of imidazole rings is 1. The molecule has 1 N–H and O–H groups in total. The van der Waals surface area contributed by atoms with Gasteiger partial charge in [0.05, 0.1) is 11.7 Å². The molecule has 1 aliphatic heterocycles. The van der Waals surface area contributed by atoms with E-state index in [0.29, 0.717) is 11.2 Å². The molecule has 0 spiro atoms. The molecule has 2 aromatic rings. The van der Waals surface area contributed by atoms with Crippen molar-refractivity contribution >= 4 is 22.4 Å². The minimum absolute atomic E-state index is 0.0201. The number of piperidine rings is 1. The standard InChI is InChI=1S/C17H25N5OS/c1-11-13(3)24-17(19-11)20-16(23)12(2)21-8-5-6-15(10-21)22-9-7-18-14(22)4/h7,9,12,15H,5-6,8,10H2,1-4H3,(H,19,20,23)/t12-,15+/m1/s1. The second kappa shape index (κ2) is 7.03. The Morgan fingerprint density at radius 2 is 2.21 bits per heavy atom. The van der Waals surface area contributed by atoms with Crippen molar-refractivity contribution in [3.63, 3.8) is 0 Å². The van der Waals surface area contributed by atoms with Crippen molar-refractivity contribution in [2.24, 2.45) is 0 Å². The summed E-state index contributed by atoms with van der Waals surface area (Å²) in [6, 6.07) is 0.224. The molecule has 0 saturated carbocycles. The number of rotatable bonds is 4. The molecule has 1 saturated heterocycles. The third-order valence-electron chi connectivity index (χ3n) is 4.87. The molecule has 0 bridgehead atoms. The Kier molecular flexibility index (Phi) is 5.01. The van der Waals surface area contributed by atoms with Gasteiger partial charge < -0.3 is 9.88 Å². The summed E-state index contributed by atoms with van der Waals surface area (Å²) in [5.74, 6) is 1.06. The topological polar surface area (TPSA) is 63.1 Å². The Balaban J connectivity index is 1.64. The zero-order chi connectivity index (χ0) is 17.3. The first-order chi connectivity index (χ1) is 11.5. The number of hydrogen-bond acceptors (Lipinski definition) is 5. The average molecular weight is 347 g/mol. The minimum atomic E-state index is -0.166. The number of carbonyl (C=O) groups excluding carboxylic acids is 1. The van der Waals surface area contributed by atoms with Crippen molar-refractivity contribution < 1.29 is 4.79 Å². The largest absolute Gasteiger partial charge is 0.331 e. The second-order valence-corrected chi connectivity index (χ2v) is 7.70. The van der Waals surface area contributed by atoms with Crippen molar-refractivity contribution in [3.8, 4) is 0 Å². The van der Waals surface area contributed by atoms with Crippen LogP contribution in [0.4, 0.5) is 5.13 Å². The van der Waals surface area contributed by atoms with Gasteiger partial charge in [-0.05, 0) is 47.1 Å². The molecular weight excluding hydrogens is 322 g/mol. The number of nitrogens with zero attached hydrogens (tertiary/aromatic N) is 4. The van der Waals surface area contributed by atoms with Gasteiger partial charge in [0.1, 0.15) is 5.82 Å². The van der Waals surface area contributed by atoms with Crippen LogP contribution in [0.1, 0.15) is 42.2 Å². The average Bonchev–Trinajstić information content (AvgIpc) is 3.12. The first-order valence-corrected chi connectivity index (χ1v) is 9.25. The monoisotopic (exact) mass is 347 g/mol. The predicted molar refractivity (Wildman–Crippen MR) is 96.5 cm³/mol. The highest BCUT2D eigenvalue weighted by Gasteiger charge is 2.29. The fourth-order valence-electron chi connectivity index (χ4n) is 3.24. The fourth-order valence-corrected chi connectivity index (χ4v) is 4.06. The van der Waals surface area contributed by atoms with Gasteiger partial charge in [-0.1, -0.05) is 0 Å². The van der Waals surface area contributed by atoms with E-state index in [1.165, 1.54) is 11.3 Å². The lowest BCUT2D eigenvalue weighted by Gasteiger charge is -2.36. The fraction of sp³-hybridized carbons (Fsp3) is 0.588. The number of nitrogens with one attached hydrogen (secondary N) is 1. The first kappa shape index (κ1) is 17.1. The summed E-state index contributed by atoms with van der Waals surface area (Å²) < 4.78 is 2.23. The SMILES string of the molecule is Cc1nc(NC(=O)[C@@H](C)N2CCC[C@H](n3ccnc3C)C2)sc1C. The molecule has 3 heterocycles. The Morgan fingerprint density at radius 3 is 2.83 bits per heavy atom. The molecule has 2 atom stereocenters. The van der Waals surface area contributed by atoms with Crippen LogP contribution in [0.2, 0.25) is 0 Å². The summed E-state index contributed by atoms with van der Waals surface area (Å²) in [4.78, 5) is 24.7. The molecule has 130 valence electrons. The number of likely N-dealkylation sites (tertiary alicyclic amines) is 1. The Morgan fingerprint density at radius 1 is 1.42 bits per heavy atom. The maximum absolute atomic E-state index is 12.6. The maximum Gasteiger partial charge on any atom is 0.243 e. The number of thiazole rings is 1. The van der Waals surface area contributed by atoms with Crippen molar-refractivity contribution in [2.45, 2.75) is 52.6 Å². The van der Waals surface area contributed by atoms with E-state index in [-0.39, 0.29) is 11.9 Å². The van der Waals surface area contributed by atoms with E-state index in [0.717, 1.165) is 42.3 Å². The lowest BCUT2D eigenvalue weighted by Crippen LogP contribution is -2.47. The van der Waals surface area contributed by atoms with Crippen LogP contribution >= 0.6 is 11.3 Å². The molecule has 1 amide bonds. The molecular formula is C17H25N5OS. The van der Waals surface area contributed by atoms with E-state index in [1.807, 2.05) is 40.1 Å². The van der Waals surface area contributed by atoms with Crippen LogP contribution in [0.25, 0.3) is 0 Å². The second-order valence-electron chi connectivity index (χ2n) is 6.50. The summed E-state index contributed by atoms with van der Waals surface area (Å²) in [7, 11) is 0. The third kappa shape index (κ3) is 3.52. The smallest absolute Gasteiger partial charge is 0.243 e. The van der Waals surface area contributed by atoms with Gasteiger partial charge in [0.15, 0.2) is 5.13 Å². The van der Waals surface area contributed by atoms with E-state index in [1.54, 1.807) is 0 Å². The van der Waals surface area contributed by atoms with Gasteiger partial charge in [-0.3, -0.25) is 9.69 Å². The molecule has 1 fully saturated rings. The third-order valence-corrected chi connectivity index (χ3v) is 5.86. The normalized spacial score (nSPS) is 20.1. The molecule has 0 radical (unpaired) electrons. The summed E-state index contributed by atoms with van der Waals surface area (Å²) in [6.07, 6.45) is 6.11. The van der Waals surface area contributed by atoms with E-state index in [4.69, 9.17) is 0 Å². The molecule has 3 rings (SSSR count). The van der Waals surface area contributed by atoms with Gasteiger partial charge >= 0.3 is 0 Å². The maximum atomic E-state index is 12.6. The molecule has 0 aliphatic carbocycles. The van der Waals surface area contributed by atoms with Crippen LogP contribution in [-0.4, -0.2) is 44.5 Å². The molecule has 0 unspecified atom stereocenters. The number of amides is 1. The van der Waals surface area contributed by atoms with Crippen molar-refractivity contribution in [2.75, 3.05) is 18.4 Å². The molecule has 2 aromatic heterocycles. The lowest BCUT2D eigenvalue weighted by molar-refractivity contribution is -0.121. The quantitative estimate of drug-likeness (QED) is 0.924. The van der Waals surface area contributed by atoms with Gasteiger partial charge in [-0.25, -0.2) is 9.97 Å². The van der Waals surface area contributed by atoms with E-state index in [9.17, 15) is 4.79 Å². The number of aromatic nitrogens is 3. The van der Waals surface area contributed by atoms with Crippen LogP contribution in [0, 0.1) is 20.8 Å². The Bertz CT molecular complexity index is 703. The van der Waals surface area contributed by atoms with E-state index >= 15 is 0 Å². The first-order valence-electron chi connectivity index (χ1n) is 8.44. The number of carbonyl (C=O) groups is 1. The van der Waals surface area contributed by atoms with Gasteiger partial charge in [0, 0.05) is 29.9 Å². The molecule has 7 heteroatoms. The summed E-state index contributed by atoms with van der Waals surface area (Å²) in [6.45, 7) is 9.83. The van der Waals surface area contributed by atoms with Crippen LogP contribution in [-0.2, 0) is 4.79 Å². The lowest BCUT2D eigenvalue weighted by atomic mass is 10.0. The van der Waals surface area contributed by atoms with Gasteiger partial charge in [0.25, 0.3) is 0 Å². The number of aryl methyl sites for hydroxylation is 3. The van der Waals surface area contributed by atoms with Crippen molar-refractivity contribution in [1.29, 1.82) is 0 Å². The molecule has 0 aromatic carbocycles. The van der Waals surface area contributed by atoms with Crippen molar-refractivity contribution in [1.82, 2.24) is 19.4 Å². The van der Waals surface area contributed by atoms with E-state index in [2.05, 4.69) is 24.8 Å². The van der Waals surface area contributed by atoms with Gasteiger partial charge in [0.2, 0.25) is 5.91 Å². The summed E-state index contributed by atoms with van der Waals surface area (Å²) >= 11 is 1.53. The highest BCUT2D eigenvalue weighted by molar-refractivity contribution is 7.15. The number of anilines is 1. The van der Waals surface area contributed by atoms with Crippen LogP contribution < -0.4 is 5.32 Å². The van der Waals surface area contributed by atoms with Crippen molar-refractivity contribution in [3.05, 3.63) is 28.8 Å². The number of hydrogen-bond donors (Lipinski definition) is 1. The van der Waals surface area contributed by atoms with Crippen LogP contribution in [0.15, 0.2) is 12.4 Å². The van der Waals surface area contributed by atoms with Gasteiger partial charge in [-0.2, -0.15) is 0 Å². The molecule has 24 heavy (non-hydrogen) atoms. The van der Waals surface area contributed by atoms with Crippen LogP contribution in [0.5, 0.6) is 0 Å². The van der Waals surface area contributed by atoms with E-state index < -0.39 is 0 Å². The molecule has 1 aliphatic rings. The zero-order valence-electron chi connectivity index (χ0n) is 14.7. The highest BCUT2D eigenvalue weighted by Crippen LogP contribution is 2.25. The Hall–Kier alpha value is -1.73. The highest BCUT2D eigenvalue weighted by atomic mass is 32.1. The molecule has 6 nitrogen and oxygen atoms in total. The summed E-state index contributed by atoms with van der Waals surface area (Å²) in [5.41, 5.74) is 0.983. The Labute approximate surface area is 146 Å².